The summed E-state index contributed by atoms with van der Waals surface area (Å²) in [6.45, 7) is 3.69. The fourth-order valence-corrected chi connectivity index (χ4v) is 3.56. The van der Waals surface area contributed by atoms with Gasteiger partial charge in [0.2, 0.25) is 5.01 Å². The highest BCUT2D eigenvalue weighted by atomic mass is 32.1. The molecule has 8 nitrogen and oxygen atoms in total. The van der Waals surface area contributed by atoms with Crippen molar-refractivity contribution in [1.82, 2.24) is 19.9 Å². The summed E-state index contributed by atoms with van der Waals surface area (Å²) in [6.07, 6.45) is 3.22. The zero-order valence-corrected chi connectivity index (χ0v) is 15.6. The zero-order valence-electron chi connectivity index (χ0n) is 14.0. The van der Waals surface area contributed by atoms with Gasteiger partial charge in [0.25, 0.3) is 0 Å². The van der Waals surface area contributed by atoms with Crippen LogP contribution in [0.2, 0.25) is 0 Å². The lowest BCUT2D eigenvalue weighted by molar-refractivity contribution is 0.0473. The van der Waals surface area contributed by atoms with Crippen molar-refractivity contribution in [1.29, 1.82) is 0 Å². The zero-order chi connectivity index (χ0) is 18.5. The number of aromatic nitrogens is 4. The number of rotatable bonds is 6. The number of ether oxygens (including phenoxy) is 2. The monoisotopic (exact) mass is 390 g/mol. The molecule has 0 bridgehead atoms. The van der Waals surface area contributed by atoms with Crippen molar-refractivity contribution in [3.63, 3.8) is 0 Å². The minimum absolute atomic E-state index is 0.0384. The Hall–Kier alpha value is -2.72. The molecule has 3 aromatic heterocycles. The van der Waals surface area contributed by atoms with Gasteiger partial charge in [-0.05, 0) is 19.9 Å². The Kier molecular flexibility index (Phi) is 5.64. The van der Waals surface area contributed by atoms with Gasteiger partial charge in [-0.2, -0.15) is 0 Å². The second kappa shape index (κ2) is 8.11. The van der Waals surface area contributed by atoms with Gasteiger partial charge in [0.1, 0.15) is 11.5 Å². The molecular formula is C16H14N4O4S2. The average Bonchev–Trinajstić information content (AvgIpc) is 3.27. The van der Waals surface area contributed by atoms with Crippen molar-refractivity contribution in [3.8, 4) is 10.8 Å². The highest BCUT2D eigenvalue weighted by Gasteiger charge is 2.19. The topological polar surface area (TPSA) is 104 Å². The van der Waals surface area contributed by atoms with E-state index in [1.165, 1.54) is 11.3 Å². The predicted molar refractivity (Wildman–Crippen MR) is 95.1 cm³/mol. The molecular weight excluding hydrogens is 376 g/mol. The molecule has 0 amide bonds. The molecule has 0 aliphatic carbocycles. The summed E-state index contributed by atoms with van der Waals surface area (Å²) >= 11 is 2.32. The van der Waals surface area contributed by atoms with E-state index in [-0.39, 0.29) is 18.2 Å². The molecule has 0 fully saturated rings. The smallest absolute Gasteiger partial charge is 0.367 e. The van der Waals surface area contributed by atoms with Crippen LogP contribution in [-0.4, -0.2) is 38.5 Å². The van der Waals surface area contributed by atoms with E-state index in [2.05, 4.69) is 19.9 Å². The van der Waals surface area contributed by atoms with Gasteiger partial charge in [0.15, 0.2) is 10.8 Å². The van der Waals surface area contributed by atoms with E-state index in [9.17, 15) is 9.59 Å². The Bertz CT molecular complexity index is 923. The molecule has 0 unspecified atom stereocenters. The summed E-state index contributed by atoms with van der Waals surface area (Å²) in [7, 11) is 0. The van der Waals surface area contributed by atoms with Gasteiger partial charge in [0, 0.05) is 17.8 Å². The first kappa shape index (κ1) is 18.1. The molecule has 0 aromatic carbocycles. The number of hydrogen-bond donors (Lipinski definition) is 0. The van der Waals surface area contributed by atoms with Gasteiger partial charge in [-0.1, -0.05) is 0 Å². The molecule has 26 heavy (non-hydrogen) atoms. The van der Waals surface area contributed by atoms with E-state index in [0.29, 0.717) is 27.1 Å². The quantitative estimate of drug-likeness (QED) is 0.592. The summed E-state index contributed by atoms with van der Waals surface area (Å²) in [5, 5.41) is 2.44. The largest absolute Gasteiger partial charge is 0.461 e. The minimum Gasteiger partial charge on any atom is -0.461 e. The maximum Gasteiger partial charge on any atom is 0.367 e. The molecule has 3 heterocycles. The number of carbonyl (C=O) groups excluding carboxylic acids is 2. The van der Waals surface area contributed by atoms with Crippen LogP contribution in [0.4, 0.5) is 0 Å². The van der Waals surface area contributed by atoms with E-state index in [1.807, 2.05) is 0 Å². The van der Waals surface area contributed by atoms with Crippen LogP contribution in [0.15, 0.2) is 23.8 Å². The predicted octanol–water partition coefficient (Wildman–Crippen LogP) is 2.90. The van der Waals surface area contributed by atoms with Crippen LogP contribution in [-0.2, 0) is 16.1 Å². The molecule has 134 valence electrons. The molecule has 0 aliphatic heterocycles. The number of carbonyl (C=O) groups is 2. The van der Waals surface area contributed by atoms with E-state index in [1.54, 1.807) is 37.7 Å². The van der Waals surface area contributed by atoms with Crippen LogP contribution in [0, 0.1) is 6.92 Å². The van der Waals surface area contributed by atoms with Crippen LogP contribution in [0.25, 0.3) is 10.8 Å². The van der Waals surface area contributed by atoms with Crippen LogP contribution < -0.4 is 0 Å². The van der Waals surface area contributed by atoms with E-state index >= 15 is 0 Å². The molecule has 3 rings (SSSR count). The Morgan fingerprint density at radius 3 is 2.62 bits per heavy atom. The lowest BCUT2D eigenvalue weighted by atomic mass is 10.4. The number of nitrogens with zero attached hydrogens (tertiary/aromatic N) is 4. The van der Waals surface area contributed by atoms with Crippen molar-refractivity contribution in [2.24, 2.45) is 0 Å². The maximum absolute atomic E-state index is 12.3. The van der Waals surface area contributed by atoms with Crippen molar-refractivity contribution in [2.45, 2.75) is 20.5 Å². The van der Waals surface area contributed by atoms with E-state index in [0.717, 1.165) is 11.3 Å². The normalized spacial score (nSPS) is 10.5. The first-order valence-corrected chi connectivity index (χ1v) is 9.31. The van der Waals surface area contributed by atoms with Crippen LogP contribution in [0.3, 0.4) is 0 Å². The molecule has 0 saturated carbocycles. The lowest BCUT2D eigenvalue weighted by Crippen LogP contribution is -2.07. The second-order valence-electron chi connectivity index (χ2n) is 4.95. The van der Waals surface area contributed by atoms with Crippen molar-refractivity contribution in [2.75, 3.05) is 6.61 Å². The standard InChI is InChI=1S/C16H14N4O4S2/c1-3-23-16(22)14-20-10(8-25-14)7-24-15(21)11-9(2)19-13(26-11)12-17-5-4-6-18-12/h4-6,8H,3,7H2,1-2H3. The van der Waals surface area contributed by atoms with Gasteiger partial charge < -0.3 is 9.47 Å². The van der Waals surface area contributed by atoms with Gasteiger partial charge in [-0.25, -0.2) is 29.5 Å². The first-order chi connectivity index (χ1) is 12.6. The molecule has 0 atom stereocenters. The Morgan fingerprint density at radius 2 is 1.88 bits per heavy atom. The van der Waals surface area contributed by atoms with Gasteiger partial charge in [-0.3, -0.25) is 0 Å². The molecule has 0 N–H and O–H groups in total. The Labute approximate surface area is 156 Å². The molecule has 3 aromatic rings. The van der Waals surface area contributed by atoms with Gasteiger partial charge in [0.05, 0.1) is 18.0 Å². The number of thiazole rings is 2. The first-order valence-electron chi connectivity index (χ1n) is 7.62. The number of esters is 2. The third-order valence-corrected chi connectivity index (χ3v) is 5.10. The molecule has 10 heteroatoms. The second-order valence-corrected chi connectivity index (χ2v) is 6.80. The highest BCUT2D eigenvalue weighted by Crippen LogP contribution is 2.26. The van der Waals surface area contributed by atoms with Crippen LogP contribution in [0.1, 0.15) is 37.8 Å². The third kappa shape index (κ3) is 4.09. The van der Waals surface area contributed by atoms with E-state index in [4.69, 9.17) is 9.47 Å². The lowest BCUT2D eigenvalue weighted by Gasteiger charge is -2.01. The summed E-state index contributed by atoms with van der Waals surface area (Å²) in [5.41, 5.74) is 1.04. The minimum atomic E-state index is -0.507. The molecule has 0 aliphatic rings. The average molecular weight is 390 g/mol. The van der Waals surface area contributed by atoms with Gasteiger partial charge in [-0.15, -0.1) is 22.7 Å². The maximum atomic E-state index is 12.3. The number of hydrogen-bond acceptors (Lipinski definition) is 10. The van der Waals surface area contributed by atoms with Crippen molar-refractivity contribution < 1.29 is 19.1 Å². The molecule has 0 radical (unpaired) electrons. The summed E-state index contributed by atoms with van der Waals surface area (Å²) < 4.78 is 10.2. The molecule has 0 spiro atoms. The molecule has 0 saturated heterocycles. The SMILES string of the molecule is CCOC(=O)c1nc(COC(=O)c2sc(-c3ncccn3)nc2C)cs1. The number of aryl methyl sites for hydroxylation is 1. The van der Waals surface area contributed by atoms with Crippen LogP contribution in [0.5, 0.6) is 0 Å². The Balaban J connectivity index is 1.66. The summed E-state index contributed by atoms with van der Waals surface area (Å²) in [6, 6.07) is 1.71. The summed E-state index contributed by atoms with van der Waals surface area (Å²) in [4.78, 5) is 41.0. The van der Waals surface area contributed by atoms with Crippen molar-refractivity contribution >= 4 is 34.6 Å². The fourth-order valence-electron chi connectivity index (χ4n) is 1.96. The van der Waals surface area contributed by atoms with Gasteiger partial charge >= 0.3 is 11.9 Å². The Morgan fingerprint density at radius 1 is 1.12 bits per heavy atom. The van der Waals surface area contributed by atoms with Crippen LogP contribution >= 0.6 is 22.7 Å². The van der Waals surface area contributed by atoms with Crippen molar-refractivity contribution in [3.05, 3.63) is 45.1 Å². The highest BCUT2D eigenvalue weighted by molar-refractivity contribution is 7.17. The summed E-state index contributed by atoms with van der Waals surface area (Å²) in [5.74, 6) is -0.535. The fraction of sp³-hybridized carbons (Fsp3) is 0.250. The third-order valence-electron chi connectivity index (χ3n) is 3.09. The van der Waals surface area contributed by atoms with E-state index < -0.39 is 11.9 Å².